The van der Waals surface area contributed by atoms with Gasteiger partial charge < -0.3 is 9.64 Å². The molecule has 124 valence electrons. The van der Waals surface area contributed by atoms with Gasteiger partial charge in [-0.05, 0) is 29.8 Å². The molecule has 1 saturated heterocycles. The smallest absolute Gasteiger partial charge is 0.292 e. The zero-order valence-electron chi connectivity index (χ0n) is 13.3. The van der Waals surface area contributed by atoms with Crippen LogP contribution in [-0.4, -0.2) is 24.6 Å². The van der Waals surface area contributed by atoms with E-state index in [1.807, 2.05) is 17.0 Å². The van der Waals surface area contributed by atoms with Gasteiger partial charge >= 0.3 is 0 Å². The van der Waals surface area contributed by atoms with Crippen LogP contribution in [0.25, 0.3) is 0 Å². The Bertz CT molecular complexity index is 898. The third kappa shape index (κ3) is 3.42. The largest absolute Gasteiger partial charge is 0.370 e. The van der Waals surface area contributed by atoms with E-state index in [4.69, 9.17) is 15.3 Å². The number of nitriles is 2. The topological polar surface area (TPSA) is 103 Å². The van der Waals surface area contributed by atoms with E-state index in [2.05, 4.69) is 6.07 Å². The number of nitro groups is 1. The SMILES string of the molecule is N#Cc1cccc([C@@H]2CN(c3cc(C#N)ccc3[N+](=O)[O-])CCO2)c1. The van der Waals surface area contributed by atoms with Crippen molar-refractivity contribution in [2.24, 2.45) is 0 Å². The van der Waals surface area contributed by atoms with Crippen molar-refractivity contribution in [1.29, 1.82) is 10.5 Å². The van der Waals surface area contributed by atoms with Gasteiger partial charge in [-0.2, -0.15) is 10.5 Å². The minimum absolute atomic E-state index is 0.0366. The van der Waals surface area contributed by atoms with Crippen LogP contribution in [0.5, 0.6) is 0 Å². The lowest BCUT2D eigenvalue weighted by molar-refractivity contribution is -0.384. The molecule has 2 aromatic rings. The summed E-state index contributed by atoms with van der Waals surface area (Å²) < 4.78 is 5.79. The van der Waals surface area contributed by atoms with E-state index < -0.39 is 4.92 Å². The summed E-state index contributed by atoms with van der Waals surface area (Å²) in [5, 5.41) is 29.5. The maximum atomic E-state index is 11.3. The van der Waals surface area contributed by atoms with E-state index in [0.717, 1.165) is 5.56 Å². The van der Waals surface area contributed by atoms with Gasteiger partial charge in [0.15, 0.2) is 0 Å². The first-order valence-corrected chi connectivity index (χ1v) is 7.67. The van der Waals surface area contributed by atoms with E-state index in [-0.39, 0.29) is 11.8 Å². The minimum Gasteiger partial charge on any atom is -0.370 e. The number of nitrogens with zero attached hydrogens (tertiary/aromatic N) is 4. The van der Waals surface area contributed by atoms with Crippen molar-refractivity contribution >= 4 is 11.4 Å². The standard InChI is InChI=1S/C18H14N4O3/c19-10-13-2-1-3-15(8-13)18-12-21(6-7-25-18)17-9-14(11-20)4-5-16(17)22(23)24/h1-5,8-9,18H,6-7,12H2/t18-/m0/s1. The highest BCUT2D eigenvalue weighted by molar-refractivity contribution is 5.66. The van der Waals surface area contributed by atoms with Crippen LogP contribution in [0.2, 0.25) is 0 Å². The molecule has 1 aliphatic rings. The molecule has 2 aromatic carbocycles. The van der Waals surface area contributed by atoms with Crippen molar-refractivity contribution in [1.82, 2.24) is 0 Å². The first-order valence-electron chi connectivity index (χ1n) is 7.67. The van der Waals surface area contributed by atoms with Crippen molar-refractivity contribution in [3.05, 3.63) is 69.3 Å². The lowest BCUT2D eigenvalue weighted by Gasteiger charge is -2.34. The summed E-state index contributed by atoms with van der Waals surface area (Å²) in [5.74, 6) is 0. The molecule has 1 heterocycles. The van der Waals surface area contributed by atoms with Gasteiger partial charge in [0.1, 0.15) is 11.8 Å². The van der Waals surface area contributed by atoms with Gasteiger partial charge in [0.25, 0.3) is 5.69 Å². The molecule has 25 heavy (non-hydrogen) atoms. The molecule has 0 bridgehead atoms. The van der Waals surface area contributed by atoms with Crippen LogP contribution in [0.15, 0.2) is 42.5 Å². The molecule has 0 radical (unpaired) electrons. The lowest BCUT2D eigenvalue weighted by atomic mass is 10.0. The van der Waals surface area contributed by atoms with Gasteiger partial charge in [0.2, 0.25) is 0 Å². The van der Waals surface area contributed by atoms with Gasteiger partial charge in [-0.1, -0.05) is 12.1 Å². The first-order chi connectivity index (χ1) is 12.1. The Kier molecular flexibility index (Phi) is 4.60. The minimum atomic E-state index is -0.447. The number of anilines is 1. The number of hydrogen-bond donors (Lipinski definition) is 0. The van der Waals surface area contributed by atoms with Gasteiger partial charge in [0.05, 0.1) is 34.8 Å². The predicted octanol–water partition coefficient (Wildman–Crippen LogP) is 2.92. The highest BCUT2D eigenvalue weighted by Crippen LogP contribution is 2.33. The Morgan fingerprint density at radius 3 is 2.64 bits per heavy atom. The summed E-state index contributed by atoms with van der Waals surface area (Å²) in [5.41, 5.74) is 2.13. The van der Waals surface area contributed by atoms with E-state index in [0.29, 0.717) is 36.5 Å². The average molecular weight is 334 g/mol. The molecule has 0 aliphatic carbocycles. The Labute approximate surface area is 144 Å². The molecule has 1 aliphatic heterocycles. The van der Waals surface area contributed by atoms with E-state index in [1.54, 1.807) is 18.2 Å². The fourth-order valence-corrected chi connectivity index (χ4v) is 2.88. The summed E-state index contributed by atoms with van der Waals surface area (Å²) in [7, 11) is 0. The van der Waals surface area contributed by atoms with Crippen LogP contribution >= 0.6 is 0 Å². The van der Waals surface area contributed by atoms with Crippen molar-refractivity contribution < 1.29 is 9.66 Å². The number of morpholine rings is 1. The number of nitro benzene ring substituents is 1. The molecule has 7 heteroatoms. The van der Waals surface area contributed by atoms with Gasteiger partial charge in [0, 0.05) is 19.2 Å². The maximum Gasteiger partial charge on any atom is 0.292 e. The average Bonchev–Trinajstić information content (AvgIpc) is 2.67. The summed E-state index contributed by atoms with van der Waals surface area (Å²) in [6.45, 7) is 1.30. The van der Waals surface area contributed by atoms with Crippen LogP contribution in [0, 0.1) is 32.8 Å². The Morgan fingerprint density at radius 1 is 1.16 bits per heavy atom. The second-order valence-corrected chi connectivity index (χ2v) is 5.62. The normalized spacial score (nSPS) is 16.7. The van der Waals surface area contributed by atoms with Crippen LogP contribution in [0.1, 0.15) is 22.8 Å². The highest BCUT2D eigenvalue weighted by Gasteiger charge is 2.27. The van der Waals surface area contributed by atoms with Gasteiger partial charge in [-0.3, -0.25) is 10.1 Å². The van der Waals surface area contributed by atoms with Crippen molar-refractivity contribution in [3.8, 4) is 12.1 Å². The molecule has 0 amide bonds. The molecule has 0 spiro atoms. The number of hydrogen-bond acceptors (Lipinski definition) is 6. The number of benzene rings is 2. The third-order valence-electron chi connectivity index (χ3n) is 4.10. The fraction of sp³-hybridized carbons (Fsp3) is 0.222. The summed E-state index contributed by atoms with van der Waals surface area (Å²) >= 11 is 0. The summed E-state index contributed by atoms with van der Waals surface area (Å²) in [6, 6.07) is 15.6. The summed E-state index contributed by atoms with van der Waals surface area (Å²) in [6.07, 6.45) is -0.299. The molecule has 1 atom stereocenters. The van der Waals surface area contributed by atoms with Crippen molar-refractivity contribution in [2.45, 2.75) is 6.10 Å². The Hall–Kier alpha value is -3.42. The first kappa shape index (κ1) is 16.4. The zero-order chi connectivity index (χ0) is 17.8. The fourth-order valence-electron chi connectivity index (χ4n) is 2.88. The Morgan fingerprint density at radius 2 is 1.92 bits per heavy atom. The molecule has 3 rings (SSSR count). The molecule has 0 saturated carbocycles. The number of rotatable bonds is 3. The molecular formula is C18H14N4O3. The second kappa shape index (κ2) is 7.00. The molecule has 0 N–H and O–H groups in total. The van der Waals surface area contributed by atoms with Crippen LogP contribution < -0.4 is 4.90 Å². The molecule has 0 unspecified atom stereocenters. The van der Waals surface area contributed by atoms with Gasteiger partial charge in [-0.15, -0.1) is 0 Å². The third-order valence-corrected chi connectivity index (χ3v) is 4.10. The number of ether oxygens (including phenoxy) is 1. The van der Waals surface area contributed by atoms with Crippen LogP contribution in [0.4, 0.5) is 11.4 Å². The molecule has 1 fully saturated rings. The molecule has 7 nitrogen and oxygen atoms in total. The van der Waals surface area contributed by atoms with Crippen LogP contribution in [0.3, 0.4) is 0 Å². The van der Waals surface area contributed by atoms with Crippen molar-refractivity contribution in [2.75, 3.05) is 24.6 Å². The van der Waals surface area contributed by atoms with Crippen molar-refractivity contribution in [3.63, 3.8) is 0 Å². The monoisotopic (exact) mass is 334 g/mol. The quantitative estimate of drug-likeness (QED) is 0.631. The second-order valence-electron chi connectivity index (χ2n) is 5.62. The van der Waals surface area contributed by atoms with E-state index >= 15 is 0 Å². The summed E-state index contributed by atoms with van der Waals surface area (Å²) in [4.78, 5) is 12.7. The molecular weight excluding hydrogens is 320 g/mol. The van der Waals surface area contributed by atoms with E-state index in [9.17, 15) is 10.1 Å². The Balaban J connectivity index is 1.93. The lowest BCUT2D eigenvalue weighted by Crippen LogP contribution is -2.38. The van der Waals surface area contributed by atoms with E-state index in [1.165, 1.54) is 18.2 Å². The predicted molar refractivity (Wildman–Crippen MR) is 89.9 cm³/mol. The highest BCUT2D eigenvalue weighted by atomic mass is 16.6. The van der Waals surface area contributed by atoms with Crippen LogP contribution in [-0.2, 0) is 4.74 Å². The zero-order valence-corrected chi connectivity index (χ0v) is 13.3. The molecule has 0 aromatic heterocycles. The van der Waals surface area contributed by atoms with Gasteiger partial charge in [-0.25, -0.2) is 0 Å². The maximum absolute atomic E-state index is 11.3.